The summed E-state index contributed by atoms with van der Waals surface area (Å²) in [7, 11) is 0. The topological polar surface area (TPSA) is 12.0 Å². The summed E-state index contributed by atoms with van der Waals surface area (Å²) in [6.07, 6.45) is 12.9. The molecular weight excluding hydrogens is 206 g/mol. The zero-order chi connectivity index (χ0) is 12.5. The fourth-order valence-corrected chi connectivity index (χ4v) is 3.47. The van der Waals surface area contributed by atoms with E-state index in [-0.39, 0.29) is 0 Å². The van der Waals surface area contributed by atoms with E-state index in [0.29, 0.717) is 0 Å². The average Bonchev–Trinajstić information content (AvgIpc) is 2.83. The van der Waals surface area contributed by atoms with Crippen molar-refractivity contribution >= 4 is 0 Å². The van der Waals surface area contributed by atoms with Crippen LogP contribution in [0.3, 0.4) is 0 Å². The van der Waals surface area contributed by atoms with Gasteiger partial charge in [-0.1, -0.05) is 65.7 Å². The van der Waals surface area contributed by atoms with Crippen molar-refractivity contribution < 1.29 is 0 Å². The number of nitrogens with one attached hydrogen (secondary N) is 1. The maximum Gasteiger partial charge on any atom is 0.00977 e. The molecule has 1 fully saturated rings. The molecule has 0 bridgehead atoms. The molecule has 1 N–H and O–H groups in total. The van der Waals surface area contributed by atoms with E-state index >= 15 is 0 Å². The van der Waals surface area contributed by atoms with Crippen LogP contribution in [-0.4, -0.2) is 12.6 Å². The van der Waals surface area contributed by atoms with Crippen molar-refractivity contribution in [3.63, 3.8) is 0 Å². The molecule has 1 heteroatoms. The Labute approximate surface area is 109 Å². The minimum atomic E-state index is 0.791. The third-order valence-electron chi connectivity index (χ3n) is 4.55. The molecule has 2 unspecified atom stereocenters. The minimum Gasteiger partial charge on any atom is -0.314 e. The Morgan fingerprint density at radius 1 is 1.12 bits per heavy atom. The van der Waals surface area contributed by atoms with Gasteiger partial charge in [0.2, 0.25) is 0 Å². The second-order valence-electron chi connectivity index (χ2n) is 5.86. The van der Waals surface area contributed by atoms with E-state index in [1.165, 1.54) is 57.8 Å². The maximum absolute atomic E-state index is 3.77. The molecule has 2 atom stereocenters. The molecule has 0 radical (unpaired) electrons. The monoisotopic (exact) mass is 239 g/mol. The van der Waals surface area contributed by atoms with Gasteiger partial charge in [-0.25, -0.2) is 0 Å². The van der Waals surface area contributed by atoms with Crippen molar-refractivity contribution in [1.82, 2.24) is 5.32 Å². The summed E-state index contributed by atoms with van der Waals surface area (Å²) in [5, 5.41) is 3.77. The van der Waals surface area contributed by atoms with E-state index in [4.69, 9.17) is 0 Å². The predicted molar refractivity (Wildman–Crippen MR) is 77.3 cm³/mol. The van der Waals surface area contributed by atoms with Crippen LogP contribution in [0.1, 0.15) is 78.6 Å². The van der Waals surface area contributed by atoms with Gasteiger partial charge in [-0.3, -0.25) is 0 Å². The van der Waals surface area contributed by atoms with E-state index < -0.39 is 0 Å². The van der Waals surface area contributed by atoms with Crippen LogP contribution in [0, 0.1) is 11.8 Å². The Morgan fingerprint density at radius 3 is 2.35 bits per heavy atom. The molecule has 0 aliphatic heterocycles. The lowest BCUT2D eigenvalue weighted by molar-refractivity contribution is 0.271. The van der Waals surface area contributed by atoms with Gasteiger partial charge in [-0.05, 0) is 31.2 Å². The van der Waals surface area contributed by atoms with Crippen molar-refractivity contribution in [1.29, 1.82) is 0 Å². The maximum atomic E-state index is 3.77. The molecule has 102 valence electrons. The van der Waals surface area contributed by atoms with Crippen LogP contribution in [0.5, 0.6) is 0 Å². The molecule has 0 spiro atoms. The molecule has 1 aliphatic carbocycles. The van der Waals surface area contributed by atoms with Crippen molar-refractivity contribution in [3.05, 3.63) is 0 Å². The Kier molecular flexibility index (Phi) is 7.92. The highest BCUT2D eigenvalue weighted by Gasteiger charge is 2.24. The van der Waals surface area contributed by atoms with Crippen molar-refractivity contribution in [2.24, 2.45) is 11.8 Å². The molecule has 0 saturated heterocycles. The van der Waals surface area contributed by atoms with Gasteiger partial charge in [0.05, 0.1) is 0 Å². The first-order chi connectivity index (χ1) is 8.31. The largest absolute Gasteiger partial charge is 0.314 e. The molecule has 1 aliphatic rings. The summed E-state index contributed by atoms with van der Waals surface area (Å²) in [6.45, 7) is 8.08. The van der Waals surface area contributed by atoms with E-state index in [1.807, 2.05) is 0 Å². The highest BCUT2D eigenvalue weighted by molar-refractivity contribution is 4.80. The van der Waals surface area contributed by atoms with Crippen LogP contribution >= 0.6 is 0 Å². The summed E-state index contributed by atoms with van der Waals surface area (Å²) < 4.78 is 0. The quantitative estimate of drug-likeness (QED) is 0.611. The second-order valence-corrected chi connectivity index (χ2v) is 5.86. The van der Waals surface area contributed by atoms with Crippen LogP contribution in [0.4, 0.5) is 0 Å². The first kappa shape index (κ1) is 15.0. The number of unbranched alkanes of at least 4 members (excludes halogenated alkanes) is 1. The Morgan fingerprint density at radius 2 is 1.82 bits per heavy atom. The summed E-state index contributed by atoms with van der Waals surface area (Å²) in [6, 6.07) is 0.791. The average molecular weight is 239 g/mol. The summed E-state index contributed by atoms with van der Waals surface area (Å²) in [4.78, 5) is 0. The molecule has 0 aromatic carbocycles. The molecule has 0 aromatic heterocycles. The van der Waals surface area contributed by atoms with Gasteiger partial charge in [-0.2, -0.15) is 0 Å². The third-order valence-corrected chi connectivity index (χ3v) is 4.55. The van der Waals surface area contributed by atoms with Gasteiger partial charge < -0.3 is 5.32 Å². The minimum absolute atomic E-state index is 0.791. The smallest absolute Gasteiger partial charge is 0.00977 e. The van der Waals surface area contributed by atoms with Crippen LogP contribution in [0.15, 0.2) is 0 Å². The standard InChI is InChI=1S/C16H33N/c1-4-7-12-15(5-2)16(17-6-3)13-14-10-8-9-11-14/h14-17H,4-13H2,1-3H3. The molecule has 0 heterocycles. The van der Waals surface area contributed by atoms with E-state index in [9.17, 15) is 0 Å². The van der Waals surface area contributed by atoms with Crippen molar-refractivity contribution in [2.45, 2.75) is 84.6 Å². The fraction of sp³-hybridized carbons (Fsp3) is 1.00. The lowest BCUT2D eigenvalue weighted by Crippen LogP contribution is -2.37. The van der Waals surface area contributed by atoms with E-state index in [1.54, 1.807) is 0 Å². The first-order valence-corrected chi connectivity index (χ1v) is 8.05. The summed E-state index contributed by atoms with van der Waals surface area (Å²) in [5.74, 6) is 1.94. The Balaban J connectivity index is 2.42. The fourth-order valence-electron chi connectivity index (χ4n) is 3.47. The van der Waals surface area contributed by atoms with Crippen LogP contribution in [0.25, 0.3) is 0 Å². The zero-order valence-electron chi connectivity index (χ0n) is 12.3. The van der Waals surface area contributed by atoms with Gasteiger partial charge in [-0.15, -0.1) is 0 Å². The van der Waals surface area contributed by atoms with Crippen molar-refractivity contribution in [3.8, 4) is 0 Å². The van der Waals surface area contributed by atoms with E-state index in [2.05, 4.69) is 26.1 Å². The second kappa shape index (κ2) is 8.97. The number of hydrogen-bond acceptors (Lipinski definition) is 1. The first-order valence-electron chi connectivity index (χ1n) is 8.05. The highest BCUT2D eigenvalue weighted by Crippen LogP contribution is 2.31. The predicted octanol–water partition coefficient (Wildman–Crippen LogP) is 4.76. The van der Waals surface area contributed by atoms with Crippen LogP contribution in [-0.2, 0) is 0 Å². The van der Waals surface area contributed by atoms with Gasteiger partial charge in [0, 0.05) is 6.04 Å². The number of rotatable bonds is 9. The van der Waals surface area contributed by atoms with Gasteiger partial charge in [0.15, 0.2) is 0 Å². The molecule has 1 nitrogen and oxygen atoms in total. The molecule has 17 heavy (non-hydrogen) atoms. The lowest BCUT2D eigenvalue weighted by Gasteiger charge is -2.29. The molecule has 0 amide bonds. The molecule has 1 rings (SSSR count). The molecule has 1 saturated carbocycles. The highest BCUT2D eigenvalue weighted by atomic mass is 14.9. The normalized spacial score (nSPS) is 20.6. The van der Waals surface area contributed by atoms with Crippen LogP contribution in [0.2, 0.25) is 0 Å². The van der Waals surface area contributed by atoms with Gasteiger partial charge in [0.25, 0.3) is 0 Å². The number of hydrogen-bond donors (Lipinski definition) is 1. The summed E-state index contributed by atoms with van der Waals surface area (Å²) in [5.41, 5.74) is 0. The van der Waals surface area contributed by atoms with Gasteiger partial charge in [0.1, 0.15) is 0 Å². The lowest BCUT2D eigenvalue weighted by atomic mass is 9.85. The third kappa shape index (κ3) is 5.42. The SMILES string of the molecule is CCCCC(CC)C(CC1CCCC1)NCC. The Bertz CT molecular complexity index is 172. The van der Waals surface area contributed by atoms with Crippen molar-refractivity contribution in [2.75, 3.05) is 6.54 Å². The zero-order valence-corrected chi connectivity index (χ0v) is 12.3. The van der Waals surface area contributed by atoms with Crippen LogP contribution < -0.4 is 5.32 Å². The Hall–Kier alpha value is -0.0400. The summed E-state index contributed by atoms with van der Waals surface area (Å²) >= 11 is 0. The van der Waals surface area contributed by atoms with Gasteiger partial charge >= 0.3 is 0 Å². The van der Waals surface area contributed by atoms with E-state index in [0.717, 1.165) is 24.4 Å². The molecule has 0 aromatic rings. The molecular formula is C16H33N.